The summed E-state index contributed by atoms with van der Waals surface area (Å²) < 4.78 is 0. The number of rotatable bonds is 4. The Morgan fingerprint density at radius 2 is 2.25 bits per heavy atom. The lowest BCUT2D eigenvalue weighted by Crippen LogP contribution is -2.58. The van der Waals surface area contributed by atoms with Gasteiger partial charge in [-0.25, -0.2) is 0 Å². The van der Waals surface area contributed by atoms with Crippen LogP contribution in [0.4, 0.5) is 0 Å². The van der Waals surface area contributed by atoms with Gasteiger partial charge in [-0.1, -0.05) is 31.5 Å². The van der Waals surface area contributed by atoms with Crippen LogP contribution < -0.4 is 5.32 Å². The van der Waals surface area contributed by atoms with Crippen molar-refractivity contribution in [2.75, 3.05) is 13.1 Å². The van der Waals surface area contributed by atoms with E-state index in [4.69, 9.17) is 11.6 Å². The highest BCUT2D eigenvalue weighted by molar-refractivity contribution is 6.25. The minimum absolute atomic E-state index is 0.0249. The average molecular weight is 245 g/mol. The molecule has 1 rings (SSSR count). The van der Waals surface area contributed by atoms with Crippen molar-refractivity contribution in [1.29, 1.82) is 0 Å². The van der Waals surface area contributed by atoms with E-state index in [1.165, 1.54) is 10.4 Å². The fourth-order valence-electron chi connectivity index (χ4n) is 1.73. The van der Waals surface area contributed by atoms with Gasteiger partial charge in [-0.2, -0.15) is 0 Å². The molecule has 2 amide bonds. The highest BCUT2D eigenvalue weighted by atomic mass is 35.5. The zero-order valence-corrected chi connectivity index (χ0v) is 10.3. The molecule has 1 heterocycles. The van der Waals surface area contributed by atoms with E-state index in [1.807, 2.05) is 13.8 Å². The van der Waals surface area contributed by atoms with E-state index in [-0.39, 0.29) is 24.4 Å². The maximum absolute atomic E-state index is 11.9. The lowest BCUT2D eigenvalue weighted by molar-refractivity contribution is -0.144. The zero-order chi connectivity index (χ0) is 12.1. The predicted octanol–water partition coefficient (Wildman–Crippen LogP) is 1.11. The Morgan fingerprint density at radius 3 is 2.81 bits per heavy atom. The lowest BCUT2D eigenvalue weighted by atomic mass is 10.0. The molecule has 1 atom stereocenters. The van der Waals surface area contributed by atoms with Crippen molar-refractivity contribution in [3.8, 4) is 0 Å². The summed E-state index contributed by atoms with van der Waals surface area (Å²) in [4.78, 5) is 24.9. The van der Waals surface area contributed by atoms with Crippen LogP contribution >= 0.6 is 11.6 Å². The second-order valence-corrected chi connectivity index (χ2v) is 4.58. The minimum Gasteiger partial charge on any atom is -0.343 e. The first kappa shape index (κ1) is 13.0. The molecule has 0 aliphatic carbocycles. The summed E-state index contributed by atoms with van der Waals surface area (Å²) in [6.07, 6.45) is 2.33. The van der Waals surface area contributed by atoms with Crippen molar-refractivity contribution in [1.82, 2.24) is 10.2 Å². The van der Waals surface area contributed by atoms with Gasteiger partial charge in [-0.3, -0.25) is 9.59 Å². The van der Waals surface area contributed by atoms with Crippen LogP contribution in [0.15, 0.2) is 11.6 Å². The lowest BCUT2D eigenvalue weighted by Gasteiger charge is -2.32. The smallest absolute Gasteiger partial charge is 0.245 e. The molecule has 1 aliphatic rings. The minimum atomic E-state index is -0.384. The van der Waals surface area contributed by atoms with Crippen LogP contribution in [0.25, 0.3) is 0 Å². The van der Waals surface area contributed by atoms with Gasteiger partial charge in [0.2, 0.25) is 11.8 Å². The SMILES string of the molecule is CC(C)CC1NC(=O)CN(C/C=C/Cl)C1=O. The van der Waals surface area contributed by atoms with Crippen LogP contribution in [-0.4, -0.2) is 35.8 Å². The monoisotopic (exact) mass is 244 g/mol. The van der Waals surface area contributed by atoms with Gasteiger partial charge in [-0.15, -0.1) is 0 Å². The standard InChI is InChI=1S/C11H17ClN2O2/c1-8(2)6-9-11(16)14(5-3-4-12)7-10(15)13-9/h3-4,8-9H,5-7H2,1-2H3,(H,13,15)/b4-3+. The summed E-state index contributed by atoms with van der Waals surface area (Å²) in [7, 11) is 0. The molecule has 1 aliphatic heterocycles. The molecule has 16 heavy (non-hydrogen) atoms. The molecule has 0 aromatic carbocycles. The first-order valence-corrected chi connectivity index (χ1v) is 5.81. The highest BCUT2D eigenvalue weighted by Gasteiger charge is 2.31. The van der Waals surface area contributed by atoms with Crippen molar-refractivity contribution in [3.05, 3.63) is 11.6 Å². The normalized spacial score (nSPS) is 22.0. The molecule has 1 fully saturated rings. The quantitative estimate of drug-likeness (QED) is 0.806. The summed E-state index contributed by atoms with van der Waals surface area (Å²) in [6, 6.07) is -0.384. The Labute approximate surface area is 101 Å². The predicted molar refractivity (Wildman–Crippen MR) is 63.0 cm³/mol. The van der Waals surface area contributed by atoms with Gasteiger partial charge < -0.3 is 10.2 Å². The second kappa shape index (κ2) is 5.89. The van der Waals surface area contributed by atoms with Crippen LogP contribution in [0.1, 0.15) is 20.3 Å². The van der Waals surface area contributed by atoms with Crippen LogP contribution in [-0.2, 0) is 9.59 Å². The third-order valence-corrected chi connectivity index (χ3v) is 2.58. The molecule has 90 valence electrons. The molecule has 1 N–H and O–H groups in total. The molecule has 0 aromatic rings. The maximum Gasteiger partial charge on any atom is 0.245 e. The molecule has 0 radical (unpaired) electrons. The van der Waals surface area contributed by atoms with Crippen LogP contribution in [0.5, 0.6) is 0 Å². The number of hydrogen-bond acceptors (Lipinski definition) is 2. The molecular formula is C11H17ClN2O2. The van der Waals surface area contributed by atoms with Gasteiger partial charge in [0.1, 0.15) is 6.04 Å². The maximum atomic E-state index is 11.9. The van der Waals surface area contributed by atoms with Gasteiger partial charge in [0, 0.05) is 12.1 Å². The van der Waals surface area contributed by atoms with E-state index >= 15 is 0 Å². The third kappa shape index (κ3) is 3.52. The molecule has 4 nitrogen and oxygen atoms in total. The Bertz CT molecular complexity index is 302. The number of carbonyl (C=O) groups excluding carboxylic acids is 2. The Kier molecular flexibility index (Phi) is 4.80. The number of hydrogen-bond donors (Lipinski definition) is 1. The first-order chi connectivity index (χ1) is 7.54. The number of nitrogens with zero attached hydrogens (tertiary/aromatic N) is 1. The number of piperazine rings is 1. The van der Waals surface area contributed by atoms with Crippen molar-refractivity contribution < 1.29 is 9.59 Å². The second-order valence-electron chi connectivity index (χ2n) is 4.33. The van der Waals surface area contributed by atoms with Gasteiger partial charge >= 0.3 is 0 Å². The molecule has 0 bridgehead atoms. The molecule has 5 heteroatoms. The molecule has 0 aromatic heterocycles. The molecule has 1 unspecified atom stereocenters. The number of nitrogens with one attached hydrogen (secondary N) is 1. The zero-order valence-electron chi connectivity index (χ0n) is 9.57. The molecule has 1 saturated heterocycles. The van der Waals surface area contributed by atoms with Crippen molar-refractivity contribution in [2.24, 2.45) is 5.92 Å². The van der Waals surface area contributed by atoms with E-state index in [9.17, 15) is 9.59 Å². The Hall–Kier alpha value is -1.03. The van der Waals surface area contributed by atoms with Gasteiger partial charge in [0.15, 0.2) is 0 Å². The highest BCUT2D eigenvalue weighted by Crippen LogP contribution is 2.11. The Morgan fingerprint density at radius 1 is 1.56 bits per heavy atom. The summed E-state index contributed by atoms with van der Waals surface area (Å²) in [5, 5.41) is 2.72. The summed E-state index contributed by atoms with van der Waals surface area (Å²) in [5.74, 6) is 0.244. The number of amides is 2. The van der Waals surface area contributed by atoms with Crippen molar-refractivity contribution >= 4 is 23.4 Å². The number of carbonyl (C=O) groups is 2. The topological polar surface area (TPSA) is 49.4 Å². The summed E-state index contributed by atoms with van der Waals surface area (Å²) in [5.41, 5.74) is 1.36. The summed E-state index contributed by atoms with van der Waals surface area (Å²) >= 11 is 5.41. The van der Waals surface area contributed by atoms with E-state index in [2.05, 4.69) is 5.32 Å². The van der Waals surface area contributed by atoms with Crippen LogP contribution in [0.3, 0.4) is 0 Å². The van der Waals surface area contributed by atoms with E-state index in [0.717, 1.165) is 0 Å². The molecule has 0 spiro atoms. The first-order valence-electron chi connectivity index (χ1n) is 5.38. The van der Waals surface area contributed by atoms with E-state index in [1.54, 1.807) is 6.08 Å². The van der Waals surface area contributed by atoms with Gasteiger partial charge in [-0.05, 0) is 12.3 Å². The van der Waals surface area contributed by atoms with Gasteiger partial charge in [0.25, 0.3) is 0 Å². The fourth-order valence-corrected chi connectivity index (χ4v) is 1.81. The van der Waals surface area contributed by atoms with Crippen molar-refractivity contribution in [2.45, 2.75) is 26.3 Å². The summed E-state index contributed by atoms with van der Waals surface area (Å²) in [6.45, 7) is 4.56. The average Bonchev–Trinajstić information content (AvgIpc) is 2.20. The van der Waals surface area contributed by atoms with Gasteiger partial charge in [0.05, 0.1) is 6.54 Å². The van der Waals surface area contributed by atoms with E-state index < -0.39 is 0 Å². The largest absolute Gasteiger partial charge is 0.343 e. The fraction of sp³-hybridized carbons (Fsp3) is 0.636. The van der Waals surface area contributed by atoms with Crippen molar-refractivity contribution in [3.63, 3.8) is 0 Å². The number of halogens is 1. The van der Waals surface area contributed by atoms with E-state index in [0.29, 0.717) is 18.9 Å². The molecule has 0 saturated carbocycles. The van der Waals surface area contributed by atoms with Crippen LogP contribution in [0.2, 0.25) is 0 Å². The Balaban J connectivity index is 2.65. The third-order valence-electron chi connectivity index (χ3n) is 2.40. The molecular weight excluding hydrogens is 228 g/mol. The van der Waals surface area contributed by atoms with Crippen LogP contribution in [0, 0.1) is 5.92 Å².